The van der Waals surface area contributed by atoms with E-state index in [-0.39, 0.29) is 23.8 Å². The predicted molar refractivity (Wildman–Crippen MR) is 66.2 cm³/mol. The highest BCUT2D eigenvalue weighted by atomic mass is 16.4. The van der Waals surface area contributed by atoms with Gasteiger partial charge in [-0.1, -0.05) is 0 Å². The molecular formula is C12H19N3O4. The molecule has 106 valence electrons. The van der Waals surface area contributed by atoms with Crippen LogP contribution in [0.15, 0.2) is 0 Å². The van der Waals surface area contributed by atoms with Crippen molar-refractivity contribution in [2.75, 3.05) is 13.1 Å². The van der Waals surface area contributed by atoms with Crippen LogP contribution >= 0.6 is 0 Å². The van der Waals surface area contributed by atoms with Crippen molar-refractivity contribution < 1.29 is 19.5 Å². The second-order valence-corrected chi connectivity index (χ2v) is 5.27. The van der Waals surface area contributed by atoms with Crippen LogP contribution < -0.4 is 11.1 Å². The molecule has 0 bridgehead atoms. The highest BCUT2D eigenvalue weighted by Crippen LogP contribution is 2.32. The van der Waals surface area contributed by atoms with Gasteiger partial charge in [-0.05, 0) is 31.6 Å². The second kappa shape index (κ2) is 5.46. The fraction of sp³-hybridized carbons (Fsp3) is 0.750. The number of nitrogens with two attached hydrogens (primary N) is 1. The lowest BCUT2D eigenvalue weighted by Gasteiger charge is -2.31. The summed E-state index contributed by atoms with van der Waals surface area (Å²) in [6.45, 7) is 0.882. The molecule has 19 heavy (non-hydrogen) atoms. The predicted octanol–water partition coefficient (Wildman–Crippen LogP) is -0.243. The summed E-state index contributed by atoms with van der Waals surface area (Å²) >= 11 is 0. The van der Waals surface area contributed by atoms with E-state index in [9.17, 15) is 14.4 Å². The first-order chi connectivity index (χ1) is 8.99. The third kappa shape index (κ3) is 3.36. The molecule has 1 aliphatic heterocycles. The van der Waals surface area contributed by atoms with Gasteiger partial charge in [0, 0.05) is 19.0 Å². The maximum absolute atomic E-state index is 12.0. The van der Waals surface area contributed by atoms with Gasteiger partial charge in [0.25, 0.3) is 0 Å². The van der Waals surface area contributed by atoms with Gasteiger partial charge in [-0.2, -0.15) is 0 Å². The smallest absolute Gasteiger partial charge is 0.326 e. The number of urea groups is 1. The first-order valence-electron chi connectivity index (χ1n) is 6.56. The Hall–Kier alpha value is -1.79. The number of nitrogens with zero attached hydrogens (tertiary/aromatic N) is 1. The van der Waals surface area contributed by atoms with Crippen LogP contribution in [0.4, 0.5) is 4.79 Å². The largest absolute Gasteiger partial charge is 0.480 e. The first kappa shape index (κ1) is 13.6. The number of carboxylic acid groups (broad SMARTS) is 1. The number of primary amides is 1. The van der Waals surface area contributed by atoms with Gasteiger partial charge in [0.05, 0.1) is 0 Å². The number of nitrogens with one attached hydrogen (secondary N) is 1. The zero-order valence-electron chi connectivity index (χ0n) is 10.7. The molecule has 0 aromatic heterocycles. The molecule has 0 aromatic rings. The summed E-state index contributed by atoms with van der Waals surface area (Å²) in [5.41, 5.74) is 5.22. The Kier molecular flexibility index (Phi) is 3.92. The van der Waals surface area contributed by atoms with E-state index in [1.54, 1.807) is 4.90 Å². The number of likely N-dealkylation sites (tertiary alicyclic amines) is 1. The van der Waals surface area contributed by atoms with Gasteiger partial charge in [0.1, 0.15) is 6.04 Å². The molecule has 1 atom stereocenters. The minimum absolute atomic E-state index is 0.0598. The average Bonchev–Trinajstić information content (AvgIpc) is 3.19. The van der Waals surface area contributed by atoms with Crippen molar-refractivity contribution in [3.05, 3.63) is 0 Å². The molecular weight excluding hydrogens is 250 g/mol. The van der Waals surface area contributed by atoms with Crippen LogP contribution in [0.3, 0.4) is 0 Å². The Bertz CT molecular complexity index is 386. The summed E-state index contributed by atoms with van der Waals surface area (Å²) in [6, 6.07) is -1.15. The zero-order chi connectivity index (χ0) is 14.0. The minimum Gasteiger partial charge on any atom is -0.480 e. The van der Waals surface area contributed by atoms with Gasteiger partial charge >= 0.3 is 12.0 Å². The number of carbonyl (C=O) groups is 3. The lowest BCUT2D eigenvalue weighted by atomic mass is 9.96. The van der Waals surface area contributed by atoms with Crippen molar-refractivity contribution in [2.24, 2.45) is 17.6 Å². The second-order valence-electron chi connectivity index (χ2n) is 5.27. The number of rotatable bonds is 4. The van der Waals surface area contributed by atoms with Gasteiger partial charge in [0.2, 0.25) is 5.91 Å². The van der Waals surface area contributed by atoms with Crippen LogP contribution in [0, 0.1) is 11.8 Å². The molecule has 3 amide bonds. The third-order valence-corrected chi connectivity index (χ3v) is 3.82. The molecule has 2 aliphatic rings. The molecule has 7 nitrogen and oxygen atoms in total. The van der Waals surface area contributed by atoms with Crippen LogP contribution in [0.2, 0.25) is 0 Å². The van der Waals surface area contributed by atoms with E-state index >= 15 is 0 Å². The molecule has 1 aliphatic carbocycles. The molecule has 0 radical (unpaired) electrons. The van der Waals surface area contributed by atoms with E-state index in [0.717, 1.165) is 12.8 Å². The standard InChI is InChI=1S/C12H19N3O4/c13-10(16)8-3-5-15(6-4-8)12(19)14-9(11(17)18)7-1-2-7/h7-9H,1-6H2,(H2,13,16)(H,14,19)(H,17,18). The Morgan fingerprint density at radius 2 is 1.74 bits per heavy atom. The molecule has 1 saturated carbocycles. The summed E-state index contributed by atoms with van der Waals surface area (Å²) in [5.74, 6) is -1.43. The maximum Gasteiger partial charge on any atom is 0.326 e. The van der Waals surface area contributed by atoms with E-state index in [1.165, 1.54) is 0 Å². The van der Waals surface area contributed by atoms with E-state index in [0.29, 0.717) is 25.9 Å². The van der Waals surface area contributed by atoms with E-state index < -0.39 is 12.0 Å². The van der Waals surface area contributed by atoms with E-state index in [2.05, 4.69) is 5.32 Å². The van der Waals surface area contributed by atoms with Crippen LogP contribution in [0.25, 0.3) is 0 Å². The Morgan fingerprint density at radius 1 is 1.16 bits per heavy atom. The van der Waals surface area contributed by atoms with Gasteiger partial charge in [-0.3, -0.25) is 4.79 Å². The number of hydrogen-bond acceptors (Lipinski definition) is 3. The number of amides is 3. The Balaban J connectivity index is 1.83. The van der Waals surface area contributed by atoms with Crippen molar-refractivity contribution >= 4 is 17.9 Å². The van der Waals surface area contributed by atoms with Gasteiger partial charge in [-0.15, -0.1) is 0 Å². The molecule has 4 N–H and O–H groups in total. The summed E-state index contributed by atoms with van der Waals surface area (Å²) in [5, 5.41) is 11.6. The summed E-state index contributed by atoms with van der Waals surface area (Å²) in [4.78, 5) is 35.6. The van der Waals surface area contributed by atoms with Crippen molar-refractivity contribution in [1.29, 1.82) is 0 Å². The minimum atomic E-state index is -0.983. The molecule has 7 heteroatoms. The summed E-state index contributed by atoms with van der Waals surface area (Å²) in [6.07, 6.45) is 2.79. The third-order valence-electron chi connectivity index (χ3n) is 3.82. The maximum atomic E-state index is 12.0. The van der Waals surface area contributed by atoms with Crippen molar-refractivity contribution in [2.45, 2.75) is 31.7 Å². The monoisotopic (exact) mass is 269 g/mol. The SMILES string of the molecule is NC(=O)C1CCN(C(=O)NC(C(=O)O)C2CC2)CC1. The van der Waals surface area contributed by atoms with Gasteiger partial charge < -0.3 is 21.1 Å². The molecule has 2 rings (SSSR count). The van der Waals surface area contributed by atoms with Crippen LogP contribution in [0.5, 0.6) is 0 Å². The quantitative estimate of drug-likeness (QED) is 0.653. The fourth-order valence-electron chi connectivity index (χ4n) is 2.40. The Labute approximate surface area is 111 Å². The average molecular weight is 269 g/mol. The number of carboxylic acids is 1. The van der Waals surface area contributed by atoms with E-state index in [1.807, 2.05) is 0 Å². The van der Waals surface area contributed by atoms with Crippen molar-refractivity contribution in [3.8, 4) is 0 Å². The van der Waals surface area contributed by atoms with Crippen LogP contribution in [0.1, 0.15) is 25.7 Å². The molecule has 0 aromatic carbocycles. The molecule has 1 unspecified atom stereocenters. The lowest BCUT2D eigenvalue weighted by molar-refractivity contribution is -0.139. The number of hydrogen-bond donors (Lipinski definition) is 3. The highest BCUT2D eigenvalue weighted by Gasteiger charge is 2.38. The number of piperidine rings is 1. The number of aliphatic carboxylic acids is 1. The van der Waals surface area contributed by atoms with Crippen LogP contribution in [-0.4, -0.2) is 47.0 Å². The lowest BCUT2D eigenvalue weighted by Crippen LogP contribution is -2.51. The van der Waals surface area contributed by atoms with Crippen LogP contribution in [-0.2, 0) is 9.59 Å². The van der Waals surface area contributed by atoms with Crippen molar-refractivity contribution in [1.82, 2.24) is 10.2 Å². The zero-order valence-corrected chi connectivity index (χ0v) is 10.7. The molecule has 1 heterocycles. The van der Waals surface area contributed by atoms with Gasteiger partial charge in [-0.25, -0.2) is 9.59 Å². The van der Waals surface area contributed by atoms with E-state index in [4.69, 9.17) is 10.8 Å². The fourth-order valence-corrected chi connectivity index (χ4v) is 2.40. The van der Waals surface area contributed by atoms with Crippen molar-refractivity contribution in [3.63, 3.8) is 0 Å². The molecule has 1 saturated heterocycles. The Morgan fingerprint density at radius 3 is 2.16 bits per heavy atom. The number of carbonyl (C=O) groups excluding carboxylic acids is 2. The van der Waals surface area contributed by atoms with Gasteiger partial charge in [0.15, 0.2) is 0 Å². The summed E-state index contributed by atoms with van der Waals surface area (Å²) in [7, 11) is 0. The first-order valence-corrected chi connectivity index (χ1v) is 6.56. The topological polar surface area (TPSA) is 113 Å². The highest BCUT2D eigenvalue weighted by molar-refractivity contribution is 5.83. The normalized spacial score (nSPS) is 21.8. The summed E-state index contributed by atoms with van der Waals surface area (Å²) < 4.78 is 0. The molecule has 0 spiro atoms. The molecule has 2 fully saturated rings.